The van der Waals surface area contributed by atoms with Gasteiger partial charge >= 0.3 is 0 Å². The van der Waals surface area contributed by atoms with E-state index in [1.807, 2.05) is 42.5 Å². The van der Waals surface area contributed by atoms with Gasteiger partial charge in [0.05, 0.1) is 48.2 Å². The average Bonchev–Trinajstić information content (AvgIpc) is 3.67. The van der Waals surface area contributed by atoms with Crippen molar-refractivity contribution < 1.29 is 19.1 Å². The number of carbonyl (C=O) groups excluding carboxylic acids is 2. The molecule has 1 amide bonds. The number of halogens is 2. The maximum absolute atomic E-state index is 11.7. The summed E-state index contributed by atoms with van der Waals surface area (Å²) < 4.78 is 11.5. The number of carbonyl (C=O) groups is 2. The summed E-state index contributed by atoms with van der Waals surface area (Å²) in [5.41, 5.74) is 7.61. The third kappa shape index (κ3) is 6.05. The van der Waals surface area contributed by atoms with Crippen LogP contribution in [-0.2, 0) is 22.6 Å². The highest BCUT2D eigenvalue weighted by atomic mass is 35.5. The molecule has 2 N–H and O–H groups in total. The van der Waals surface area contributed by atoms with Gasteiger partial charge in [-0.3, -0.25) is 19.5 Å². The molecule has 1 aliphatic carbocycles. The Hall–Kier alpha value is -4.02. The fraction of sp³-hybridized carbons (Fsp3) is 0.351. The number of benzene rings is 3. The Balaban J connectivity index is 1.16. The van der Waals surface area contributed by atoms with Crippen LogP contribution >= 0.6 is 23.2 Å². The number of fused-ring (bicyclic) bond motifs is 1. The van der Waals surface area contributed by atoms with Gasteiger partial charge < -0.3 is 20.1 Å². The Bertz CT molecular complexity index is 1930. The molecule has 4 aromatic rings. The summed E-state index contributed by atoms with van der Waals surface area (Å²) in [5.74, 6) is 1.44. The summed E-state index contributed by atoms with van der Waals surface area (Å²) in [7, 11) is 3.26. The standard InChI is InChI=1S/C37H37Cl2N5O4/c1-21(45)16-40-28-11-10-22-14-23(15-31(47-2)33(22)28)24-6-4-7-25(34(24)38)26-8-5-9-27(35(26)39)29-17-41-30(36(42-29)48-3)18-44-19-37(20-44)13-12-32(46)43-37/h4-9,14-15,17,28,40H,10-13,16,18-20H2,1-3H3,(H,43,46)/t28-/m1/s1. The average molecular weight is 687 g/mol. The predicted molar refractivity (Wildman–Crippen MR) is 187 cm³/mol. The molecule has 2 aliphatic heterocycles. The number of aryl methyl sites for hydroxylation is 1. The van der Waals surface area contributed by atoms with Gasteiger partial charge in [-0.1, -0.05) is 65.7 Å². The molecule has 0 unspecified atom stereocenters. The first-order valence-electron chi connectivity index (χ1n) is 16.1. The van der Waals surface area contributed by atoms with Crippen LogP contribution in [0.15, 0.2) is 54.7 Å². The maximum atomic E-state index is 11.7. The van der Waals surface area contributed by atoms with Crippen molar-refractivity contribution in [3.63, 3.8) is 0 Å². The van der Waals surface area contributed by atoms with Crippen molar-refractivity contribution in [3.05, 3.63) is 81.6 Å². The van der Waals surface area contributed by atoms with Gasteiger partial charge in [-0.05, 0) is 43.4 Å². The van der Waals surface area contributed by atoms with E-state index in [1.165, 1.54) is 5.56 Å². The van der Waals surface area contributed by atoms with E-state index < -0.39 is 0 Å². The van der Waals surface area contributed by atoms with Crippen LogP contribution in [0, 0.1) is 0 Å². The number of nitrogens with one attached hydrogen (secondary N) is 2. The molecule has 1 atom stereocenters. The molecule has 248 valence electrons. The van der Waals surface area contributed by atoms with Gasteiger partial charge in [0.1, 0.15) is 17.2 Å². The summed E-state index contributed by atoms with van der Waals surface area (Å²) >= 11 is 14.3. The summed E-state index contributed by atoms with van der Waals surface area (Å²) in [6, 6.07) is 16.0. The van der Waals surface area contributed by atoms with E-state index in [-0.39, 0.29) is 23.3 Å². The van der Waals surface area contributed by atoms with E-state index in [1.54, 1.807) is 27.3 Å². The molecule has 1 spiro atoms. The third-order valence-electron chi connectivity index (χ3n) is 9.64. The lowest BCUT2D eigenvalue weighted by atomic mass is 9.88. The van der Waals surface area contributed by atoms with Gasteiger partial charge in [0.25, 0.3) is 0 Å². The van der Waals surface area contributed by atoms with Crippen molar-refractivity contribution >= 4 is 34.9 Å². The minimum atomic E-state index is -0.103. The van der Waals surface area contributed by atoms with Gasteiger partial charge in [0, 0.05) is 59.9 Å². The van der Waals surface area contributed by atoms with Gasteiger partial charge in [0.15, 0.2) is 0 Å². The Morgan fingerprint density at radius 3 is 2.40 bits per heavy atom. The van der Waals surface area contributed by atoms with Crippen molar-refractivity contribution in [3.8, 4) is 45.1 Å². The smallest absolute Gasteiger partial charge is 0.237 e. The molecule has 2 fully saturated rings. The first kappa shape index (κ1) is 32.5. The number of methoxy groups -OCH3 is 2. The van der Waals surface area contributed by atoms with Crippen molar-refractivity contribution in [1.82, 2.24) is 25.5 Å². The zero-order valence-corrected chi connectivity index (χ0v) is 28.7. The molecule has 0 saturated carbocycles. The molecule has 3 aliphatic rings. The number of aromatic nitrogens is 2. The predicted octanol–water partition coefficient (Wildman–Crippen LogP) is 6.43. The van der Waals surface area contributed by atoms with Crippen LogP contribution in [0.5, 0.6) is 11.6 Å². The molecule has 0 bridgehead atoms. The van der Waals surface area contributed by atoms with Crippen molar-refractivity contribution in [2.45, 2.75) is 50.7 Å². The Morgan fingerprint density at radius 1 is 1.02 bits per heavy atom. The van der Waals surface area contributed by atoms with Crippen LogP contribution in [0.3, 0.4) is 0 Å². The van der Waals surface area contributed by atoms with E-state index in [4.69, 9.17) is 42.6 Å². The molecule has 3 heterocycles. The lowest BCUT2D eigenvalue weighted by Gasteiger charge is -2.47. The van der Waals surface area contributed by atoms with Gasteiger partial charge in [-0.25, -0.2) is 4.98 Å². The van der Waals surface area contributed by atoms with Crippen LogP contribution in [0.1, 0.15) is 49.0 Å². The highest BCUT2D eigenvalue weighted by Gasteiger charge is 2.47. The van der Waals surface area contributed by atoms with E-state index in [0.29, 0.717) is 46.7 Å². The maximum Gasteiger partial charge on any atom is 0.237 e. The summed E-state index contributed by atoms with van der Waals surface area (Å²) in [5, 5.41) is 7.57. The minimum absolute atomic E-state index is 0.0658. The van der Waals surface area contributed by atoms with Gasteiger partial charge in [-0.15, -0.1) is 0 Å². The second-order valence-electron chi connectivity index (χ2n) is 12.9. The number of likely N-dealkylation sites (tertiary alicyclic amines) is 1. The van der Waals surface area contributed by atoms with Crippen molar-refractivity contribution in [2.24, 2.45) is 0 Å². The Morgan fingerprint density at radius 2 is 1.73 bits per heavy atom. The van der Waals surface area contributed by atoms with Crippen molar-refractivity contribution in [1.29, 1.82) is 0 Å². The van der Waals surface area contributed by atoms with E-state index in [0.717, 1.165) is 71.6 Å². The first-order chi connectivity index (χ1) is 23.2. The number of nitrogens with zero attached hydrogens (tertiary/aromatic N) is 3. The molecular formula is C37H37Cl2N5O4. The second kappa shape index (κ2) is 13.1. The molecule has 0 radical (unpaired) electrons. The SMILES string of the molecule is COc1cc(-c2cccc(-c3cccc(-c4cnc(CN5CC6(CCC(=O)N6)C5)c(OC)n4)c3Cl)c2Cl)cc2c1[C@H](NCC(C)=O)CC2. The second-order valence-corrected chi connectivity index (χ2v) is 13.7. The molecule has 1 aromatic heterocycles. The number of hydrogen-bond acceptors (Lipinski definition) is 8. The van der Waals surface area contributed by atoms with Crippen LogP contribution < -0.4 is 20.1 Å². The van der Waals surface area contributed by atoms with Gasteiger partial charge in [0.2, 0.25) is 11.8 Å². The fourth-order valence-corrected chi connectivity index (χ4v) is 8.03. The Labute approximate surface area is 290 Å². The molecule has 48 heavy (non-hydrogen) atoms. The molecule has 11 heteroatoms. The molecule has 3 aromatic carbocycles. The van der Waals surface area contributed by atoms with E-state index in [9.17, 15) is 9.59 Å². The van der Waals surface area contributed by atoms with Crippen LogP contribution in [-0.4, -0.2) is 66.0 Å². The van der Waals surface area contributed by atoms with Crippen LogP contribution in [0.4, 0.5) is 0 Å². The van der Waals surface area contributed by atoms with Gasteiger partial charge in [-0.2, -0.15) is 0 Å². The zero-order valence-electron chi connectivity index (χ0n) is 27.2. The number of ketones is 1. The van der Waals surface area contributed by atoms with E-state index in [2.05, 4.69) is 21.6 Å². The molecule has 2 saturated heterocycles. The highest BCUT2D eigenvalue weighted by Crippen LogP contribution is 2.46. The highest BCUT2D eigenvalue weighted by molar-refractivity contribution is 6.39. The molecular weight excluding hydrogens is 649 g/mol. The molecule has 7 rings (SSSR count). The van der Waals surface area contributed by atoms with Crippen LogP contribution in [0.25, 0.3) is 33.5 Å². The number of hydrogen-bond donors (Lipinski definition) is 2. The minimum Gasteiger partial charge on any atom is -0.496 e. The number of amides is 1. The number of Topliss-reactive ketones (excluding diaryl/α,β-unsaturated/α-hetero) is 1. The molecule has 9 nitrogen and oxygen atoms in total. The summed E-state index contributed by atoms with van der Waals surface area (Å²) in [6.07, 6.45) is 4.95. The number of rotatable bonds is 10. The van der Waals surface area contributed by atoms with Crippen molar-refractivity contribution in [2.75, 3.05) is 33.9 Å². The summed E-state index contributed by atoms with van der Waals surface area (Å²) in [6.45, 7) is 4.07. The quantitative estimate of drug-likeness (QED) is 0.197. The monoisotopic (exact) mass is 685 g/mol. The topological polar surface area (TPSA) is 106 Å². The lowest BCUT2D eigenvalue weighted by molar-refractivity contribution is -0.121. The zero-order chi connectivity index (χ0) is 33.6. The fourth-order valence-electron chi connectivity index (χ4n) is 7.37. The number of ether oxygens (including phenoxy) is 2. The third-order valence-corrected chi connectivity index (χ3v) is 10.5. The summed E-state index contributed by atoms with van der Waals surface area (Å²) in [4.78, 5) is 35.1. The van der Waals surface area contributed by atoms with E-state index >= 15 is 0 Å². The Kier molecular flexibility index (Phi) is 8.89. The lowest BCUT2D eigenvalue weighted by Crippen LogP contribution is -2.66. The largest absolute Gasteiger partial charge is 0.496 e. The van der Waals surface area contributed by atoms with Crippen LogP contribution in [0.2, 0.25) is 10.0 Å². The first-order valence-corrected chi connectivity index (χ1v) is 16.9. The normalized spacial score (nSPS) is 18.0.